The molecule has 9 heteroatoms. The van der Waals surface area contributed by atoms with Crippen LogP contribution in [-0.2, 0) is 0 Å². The Bertz CT molecular complexity index is 857. The van der Waals surface area contributed by atoms with Crippen molar-refractivity contribution in [2.45, 2.75) is 39.9 Å². The van der Waals surface area contributed by atoms with Gasteiger partial charge in [-0.05, 0) is 64.1 Å². The van der Waals surface area contributed by atoms with Crippen LogP contribution in [0.4, 0.5) is 4.79 Å². The van der Waals surface area contributed by atoms with Gasteiger partial charge in [-0.2, -0.15) is 10.2 Å². The topological polar surface area (TPSA) is 84.3 Å². The third-order valence-corrected chi connectivity index (χ3v) is 4.39. The van der Waals surface area contributed by atoms with Gasteiger partial charge in [0.25, 0.3) is 0 Å². The molecule has 0 bridgehead atoms. The Balaban J connectivity index is 1.98. The van der Waals surface area contributed by atoms with Crippen LogP contribution in [-0.4, -0.2) is 30.7 Å². The highest BCUT2D eigenvalue weighted by Crippen LogP contribution is 2.23. The number of amides is 2. The Morgan fingerprint density at radius 3 is 1.60 bits per heavy atom. The number of carbonyl (C=O) groups is 1. The monoisotopic (exact) mass is 538 g/mol. The zero-order chi connectivity index (χ0) is 22.1. The van der Waals surface area contributed by atoms with Crippen LogP contribution in [0.3, 0.4) is 0 Å². The molecule has 2 aromatic carbocycles. The van der Waals surface area contributed by atoms with Crippen molar-refractivity contribution in [2.75, 3.05) is 0 Å². The molecular formula is C21H24Br2N4O3. The Morgan fingerprint density at radius 1 is 0.833 bits per heavy atom. The molecule has 2 rings (SSSR count). The molecule has 30 heavy (non-hydrogen) atoms. The zero-order valence-corrected chi connectivity index (χ0v) is 20.3. The van der Waals surface area contributed by atoms with E-state index in [-0.39, 0.29) is 12.2 Å². The first-order chi connectivity index (χ1) is 14.2. The summed E-state index contributed by atoms with van der Waals surface area (Å²) in [5.41, 5.74) is 6.20. The van der Waals surface area contributed by atoms with Gasteiger partial charge < -0.3 is 9.47 Å². The lowest BCUT2D eigenvalue weighted by Crippen LogP contribution is -2.28. The second-order valence-electron chi connectivity index (χ2n) is 6.77. The first kappa shape index (κ1) is 23.9. The lowest BCUT2D eigenvalue weighted by Gasteiger charge is -2.12. The minimum Gasteiger partial charge on any atom is -0.490 e. The van der Waals surface area contributed by atoms with Crippen molar-refractivity contribution in [3.63, 3.8) is 0 Å². The van der Waals surface area contributed by atoms with Crippen molar-refractivity contribution in [3.8, 4) is 11.5 Å². The van der Waals surface area contributed by atoms with Crippen molar-refractivity contribution in [2.24, 2.45) is 10.2 Å². The first-order valence-corrected chi connectivity index (χ1v) is 10.9. The molecule has 2 aromatic rings. The Hall–Kier alpha value is -2.39. The van der Waals surface area contributed by atoms with E-state index in [1.165, 1.54) is 12.4 Å². The van der Waals surface area contributed by atoms with Crippen molar-refractivity contribution >= 4 is 50.3 Å². The van der Waals surface area contributed by atoms with Crippen LogP contribution in [0.2, 0.25) is 0 Å². The number of hydrazone groups is 2. The van der Waals surface area contributed by atoms with E-state index in [1.807, 2.05) is 64.1 Å². The Kier molecular flexibility index (Phi) is 9.32. The van der Waals surface area contributed by atoms with Gasteiger partial charge in [-0.15, -0.1) is 0 Å². The van der Waals surface area contributed by atoms with Crippen LogP contribution >= 0.6 is 31.9 Å². The summed E-state index contributed by atoms with van der Waals surface area (Å²) in [6, 6.07) is 10.6. The molecule has 0 aliphatic carbocycles. The number of urea groups is 1. The number of nitrogens with zero attached hydrogens (tertiary/aromatic N) is 2. The quantitative estimate of drug-likeness (QED) is 0.345. The van der Waals surface area contributed by atoms with Gasteiger partial charge >= 0.3 is 6.03 Å². The number of ether oxygens (including phenoxy) is 2. The Labute approximate surface area is 193 Å². The third kappa shape index (κ3) is 8.16. The Morgan fingerprint density at radius 2 is 1.23 bits per heavy atom. The molecule has 2 amide bonds. The summed E-state index contributed by atoms with van der Waals surface area (Å²) in [5, 5.41) is 7.91. The van der Waals surface area contributed by atoms with Crippen molar-refractivity contribution in [1.82, 2.24) is 10.9 Å². The van der Waals surface area contributed by atoms with E-state index in [0.29, 0.717) is 11.5 Å². The molecular weight excluding hydrogens is 516 g/mol. The number of rotatable bonds is 8. The highest BCUT2D eigenvalue weighted by Gasteiger charge is 2.06. The van der Waals surface area contributed by atoms with Crippen molar-refractivity contribution in [3.05, 3.63) is 56.5 Å². The molecule has 0 aromatic heterocycles. The SMILES string of the molecule is CC(C)Oc1ccc(Br)cc1C=NNC(=O)N/N=C\c1cc(Br)ccc1OC(C)C. The minimum absolute atomic E-state index is 0.0199. The number of carbonyl (C=O) groups excluding carboxylic acids is 1. The van der Waals surface area contributed by atoms with Crippen LogP contribution < -0.4 is 20.3 Å². The van der Waals surface area contributed by atoms with E-state index >= 15 is 0 Å². The van der Waals surface area contributed by atoms with Gasteiger partial charge in [-0.3, -0.25) is 0 Å². The highest BCUT2D eigenvalue weighted by molar-refractivity contribution is 9.10. The van der Waals surface area contributed by atoms with Gasteiger partial charge in [0.1, 0.15) is 11.5 Å². The van der Waals surface area contributed by atoms with Gasteiger partial charge in [0.2, 0.25) is 0 Å². The second-order valence-corrected chi connectivity index (χ2v) is 8.60. The molecule has 0 atom stereocenters. The zero-order valence-electron chi connectivity index (χ0n) is 17.1. The second kappa shape index (κ2) is 11.7. The number of hydrogen-bond acceptors (Lipinski definition) is 5. The molecule has 2 N–H and O–H groups in total. The maximum Gasteiger partial charge on any atom is 0.355 e. The maximum absolute atomic E-state index is 12.0. The third-order valence-electron chi connectivity index (χ3n) is 3.41. The average molecular weight is 540 g/mol. The van der Waals surface area contributed by atoms with Crippen molar-refractivity contribution < 1.29 is 14.3 Å². The normalized spacial score (nSPS) is 11.5. The summed E-state index contributed by atoms with van der Waals surface area (Å²) < 4.78 is 13.2. The molecule has 0 spiro atoms. The average Bonchev–Trinajstić information content (AvgIpc) is 2.65. The molecule has 0 saturated heterocycles. The van der Waals surface area contributed by atoms with Gasteiger partial charge in [0.15, 0.2) is 0 Å². The fraction of sp³-hybridized carbons (Fsp3) is 0.286. The number of hydrogen-bond donors (Lipinski definition) is 2. The number of nitrogens with one attached hydrogen (secondary N) is 2. The predicted octanol–water partition coefficient (Wildman–Crippen LogP) is 5.45. The van der Waals surface area contributed by atoms with E-state index in [1.54, 1.807) is 0 Å². The summed E-state index contributed by atoms with van der Waals surface area (Å²) >= 11 is 6.83. The molecule has 0 unspecified atom stereocenters. The number of benzene rings is 2. The van der Waals surface area contributed by atoms with Gasteiger partial charge in [-0.1, -0.05) is 31.9 Å². The molecule has 0 fully saturated rings. The smallest absolute Gasteiger partial charge is 0.355 e. The molecule has 0 aliphatic heterocycles. The van der Waals surface area contributed by atoms with E-state index in [9.17, 15) is 4.79 Å². The van der Waals surface area contributed by atoms with E-state index in [2.05, 4.69) is 52.9 Å². The summed E-state index contributed by atoms with van der Waals surface area (Å²) in [6.45, 7) is 7.76. The maximum atomic E-state index is 12.0. The molecule has 0 radical (unpaired) electrons. The highest BCUT2D eigenvalue weighted by atomic mass is 79.9. The summed E-state index contributed by atoms with van der Waals surface area (Å²) in [5.74, 6) is 1.34. The summed E-state index contributed by atoms with van der Waals surface area (Å²) in [4.78, 5) is 12.0. The van der Waals surface area contributed by atoms with Crippen molar-refractivity contribution in [1.29, 1.82) is 0 Å². The molecule has 0 aliphatic rings. The molecule has 0 heterocycles. The van der Waals surface area contributed by atoms with E-state index in [4.69, 9.17) is 9.47 Å². The molecule has 7 nitrogen and oxygen atoms in total. The van der Waals surface area contributed by atoms with Crippen LogP contribution in [0.5, 0.6) is 11.5 Å². The van der Waals surface area contributed by atoms with Crippen LogP contribution in [0.1, 0.15) is 38.8 Å². The van der Waals surface area contributed by atoms with E-state index < -0.39 is 6.03 Å². The lowest BCUT2D eigenvalue weighted by molar-refractivity contribution is 0.240. The summed E-state index contributed by atoms with van der Waals surface area (Å²) in [7, 11) is 0. The van der Waals surface area contributed by atoms with Crippen LogP contribution in [0.25, 0.3) is 0 Å². The van der Waals surface area contributed by atoms with Crippen LogP contribution in [0.15, 0.2) is 55.5 Å². The van der Waals surface area contributed by atoms with Crippen LogP contribution in [0, 0.1) is 0 Å². The first-order valence-electron chi connectivity index (χ1n) is 9.29. The van der Waals surface area contributed by atoms with Gasteiger partial charge in [0, 0.05) is 20.1 Å². The molecule has 160 valence electrons. The fourth-order valence-electron chi connectivity index (χ4n) is 2.31. The molecule has 0 saturated carbocycles. The summed E-state index contributed by atoms with van der Waals surface area (Å²) in [6.07, 6.45) is 3.06. The van der Waals surface area contributed by atoms with Gasteiger partial charge in [-0.25, -0.2) is 15.6 Å². The van der Waals surface area contributed by atoms with E-state index in [0.717, 1.165) is 20.1 Å². The largest absolute Gasteiger partial charge is 0.490 e. The number of halogens is 2. The van der Waals surface area contributed by atoms with Gasteiger partial charge in [0.05, 0.1) is 24.6 Å². The lowest BCUT2D eigenvalue weighted by atomic mass is 10.2. The predicted molar refractivity (Wildman–Crippen MR) is 127 cm³/mol. The fourth-order valence-corrected chi connectivity index (χ4v) is 3.07. The minimum atomic E-state index is -0.579. The standard InChI is InChI=1S/C21H24Br2N4O3/c1-13(2)29-19-7-5-17(22)9-15(19)11-24-26-21(28)27-25-12-16-10-18(23)6-8-20(16)30-14(3)4/h5-14H,1-4H3,(H2,26,27,28)/b24-11-,25-12?.